The molecule has 1 aliphatic carbocycles. The molecule has 0 amide bonds. The Morgan fingerprint density at radius 2 is 1.71 bits per heavy atom. The predicted octanol–water partition coefficient (Wildman–Crippen LogP) is 5.58. The Morgan fingerprint density at radius 1 is 1.07 bits per heavy atom. The van der Waals surface area contributed by atoms with Crippen molar-refractivity contribution in [2.45, 2.75) is 58.1 Å². The largest absolute Gasteiger partial charge is 0.458 e. The van der Waals surface area contributed by atoms with Gasteiger partial charge in [-0.3, -0.25) is 4.99 Å². The Bertz CT molecular complexity index is 783. The molecular weight excluding hydrogens is 346 g/mol. The highest BCUT2D eigenvalue weighted by Gasteiger charge is 2.41. The molecule has 0 heterocycles. The molecule has 3 nitrogen and oxygen atoms in total. The molecule has 1 fully saturated rings. The second kappa shape index (κ2) is 9.18. The van der Waals surface area contributed by atoms with Crippen LogP contribution in [-0.2, 0) is 21.5 Å². The van der Waals surface area contributed by atoms with Crippen LogP contribution in [0.4, 0.5) is 0 Å². The van der Waals surface area contributed by atoms with Crippen LogP contribution in [0.25, 0.3) is 0 Å². The van der Waals surface area contributed by atoms with Crippen LogP contribution in [0.1, 0.15) is 51.2 Å². The van der Waals surface area contributed by atoms with E-state index in [1.807, 2.05) is 36.4 Å². The molecule has 0 aromatic heterocycles. The molecule has 1 saturated carbocycles. The number of ether oxygens (including phenoxy) is 1. The fourth-order valence-electron chi connectivity index (χ4n) is 4.35. The number of benzene rings is 2. The number of hydrogen-bond donors (Lipinski definition) is 0. The highest BCUT2D eigenvalue weighted by Crippen LogP contribution is 2.43. The van der Waals surface area contributed by atoms with E-state index in [0.717, 1.165) is 18.4 Å². The first kappa shape index (κ1) is 20.3. The molecule has 0 bridgehead atoms. The zero-order chi connectivity index (χ0) is 20.0. The van der Waals surface area contributed by atoms with E-state index in [2.05, 4.69) is 50.0 Å². The number of nitrogens with zero attached hydrogens (tertiary/aromatic N) is 1. The zero-order valence-corrected chi connectivity index (χ0v) is 17.2. The van der Waals surface area contributed by atoms with Gasteiger partial charge >= 0.3 is 5.97 Å². The molecule has 2 aromatic carbocycles. The van der Waals surface area contributed by atoms with Gasteiger partial charge in [-0.2, -0.15) is 0 Å². The summed E-state index contributed by atoms with van der Waals surface area (Å²) in [6.45, 7) is 7.28. The minimum Gasteiger partial charge on any atom is -0.458 e. The molecule has 0 saturated heterocycles. The molecule has 2 aromatic rings. The number of rotatable bonds is 6. The second-order valence-corrected chi connectivity index (χ2v) is 8.54. The molecule has 0 aliphatic heterocycles. The zero-order valence-electron chi connectivity index (χ0n) is 17.2. The number of esters is 1. The average molecular weight is 378 g/mol. The third-order valence-corrected chi connectivity index (χ3v) is 6.08. The van der Waals surface area contributed by atoms with Gasteiger partial charge in [-0.1, -0.05) is 87.9 Å². The number of carbonyl (C=O) groups excluding carboxylic acids is 1. The van der Waals surface area contributed by atoms with Crippen LogP contribution in [0.3, 0.4) is 0 Å². The molecule has 0 N–H and O–H groups in total. The molecule has 3 heteroatoms. The molecule has 148 valence electrons. The summed E-state index contributed by atoms with van der Waals surface area (Å²) >= 11 is 0. The Morgan fingerprint density at radius 3 is 2.39 bits per heavy atom. The number of hydrogen-bond acceptors (Lipinski definition) is 3. The third-order valence-electron chi connectivity index (χ3n) is 6.08. The second-order valence-electron chi connectivity index (χ2n) is 8.54. The van der Waals surface area contributed by atoms with Crippen molar-refractivity contribution in [1.82, 2.24) is 0 Å². The van der Waals surface area contributed by atoms with Crippen LogP contribution in [0, 0.1) is 11.8 Å². The lowest BCUT2D eigenvalue weighted by atomic mass is 9.64. The molecule has 3 rings (SSSR count). The highest BCUT2D eigenvalue weighted by molar-refractivity contribution is 6.23. The van der Waals surface area contributed by atoms with Crippen molar-refractivity contribution in [3.8, 4) is 0 Å². The Labute approximate surface area is 168 Å². The van der Waals surface area contributed by atoms with E-state index >= 15 is 0 Å². The standard InChI is InChI=1S/C25H31NO2/c1-19-14-15-22(25(2,3)21-12-8-5-9-13-21)23(16-19)28-24(27)18-26-17-20-10-6-4-7-11-20/h4-13,18-19,22-23H,14-17H2,1-3H3/t19-,22-,23-/m1/s1. The fourth-order valence-corrected chi connectivity index (χ4v) is 4.35. The molecule has 3 atom stereocenters. The topological polar surface area (TPSA) is 38.7 Å². The highest BCUT2D eigenvalue weighted by atomic mass is 16.5. The van der Waals surface area contributed by atoms with Gasteiger partial charge in [0.05, 0.1) is 6.54 Å². The lowest BCUT2D eigenvalue weighted by molar-refractivity contribution is -0.147. The van der Waals surface area contributed by atoms with Crippen LogP contribution < -0.4 is 0 Å². The molecule has 0 unspecified atom stereocenters. The van der Waals surface area contributed by atoms with Gasteiger partial charge in [0.25, 0.3) is 0 Å². The van der Waals surface area contributed by atoms with Crippen molar-refractivity contribution in [1.29, 1.82) is 0 Å². The first-order valence-electron chi connectivity index (χ1n) is 10.3. The summed E-state index contributed by atoms with van der Waals surface area (Å²) in [4.78, 5) is 16.7. The van der Waals surface area contributed by atoms with Gasteiger partial charge in [-0.15, -0.1) is 0 Å². The van der Waals surface area contributed by atoms with Gasteiger partial charge in [0.15, 0.2) is 0 Å². The van der Waals surface area contributed by atoms with Crippen molar-refractivity contribution in [2.24, 2.45) is 16.8 Å². The summed E-state index contributed by atoms with van der Waals surface area (Å²) in [7, 11) is 0. The average Bonchev–Trinajstić information content (AvgIpc) is 2.69. The summed E-state index contributed by atoms with van der Waals surface area (Å²) in [5, 5.41) is 0. The molecule has 0 radical (unpaired) electrons. The van der Waals surface area contributed by atoms with E-state index in [9.17, 15) is 4.79 Å². The van der Waals surface area contributed by atoms with Crippen LogP contribution in [0.5, 0.6) is 0 Å². The van der Waals surface area contributed by atoms with Crippen LogP contribution in [-0.4, -0.2) is 18.3 Å². The smallest absolute Gasteiger partial charge is 0.349 e. The van der Waals surface area contributed by atoms with E-state index in [1.165, 1.54) is 18.2 Å². The van der Waals surface area contributed by atoms with Crippen molar-refractivity contribution in [3.63, 3.8) is 0 Å². The predicted molar refractivity (Wildman–Crippen MR) is 114 cm³/mol. The maximum Gasteiger partial charge on any atom is 0.349 e. The van der Waals surface area contributed by atoms with Gasteiger partial charge in [-0.05, 0) is 35.3 Å². The summed E-state index contributed by atoms with van der Waals surface area (Å²) in [6, 6.07) is 20.5. The summed E-state index contributed by atoms with van der Waals surface area (Å²) in [6.07, 6.45) is 4.44. The normalized spacial score (nSPS) is 22.9. The monoisotopic (exact) mass is 377 g/mol. The van der Waals surface area contributed by atoms with Crippen LogP contribution in [0.15, 0.2) is 65.7 Å². The van der Waals surface area contributed by atoms with Crippen molar-refractivity contribution in [3.05, 3.63) is 71.8 Å². The number of aliphatic imine (C=N–C) groups is 1. The molecular formula is C25H31NO2. The fraction of sp³-hybridized carbons (Fsp3) is 0.440. The minimum atomic E-state index is -0.330. The molecule has 0 spiro atoms. The van der Waals surface area contributed by atoms with Crippen LogP contribution in [0.2, 0.25) is 0 Å². The van der Waals surface area contributed by atoms with E-state index in [1.54, 1.807) is 0 Å². The molecule has 28 heavy (non-hydrogen) atoms. The van der Waals surface area contributed by atoms with Gasteiger partial charge in [-0.25, -0.2) is 4.79 Å². The SMILES string of the molecule is C[C@@H]1CC[C@@H](C(C)(C)c2ccccc2)[C@H](OC(=O)C=NCc2ccccc2)C1. The number of carbonyl (C=O) groups is 1. The third kappa shape index (κ3) is 5.09. The Balaban J connectivity index is 1.67. The molecule has 1 aliphatic rings. The summed E-state index contributed by atoms with van der Waals surface area (Å²) in [5.41, 5.74) is 2.34. The van der Waals surface area contributed by atoms with E-state index in [0.29, 0.717) is 18.4 Å². The van der Waals surface area contributed by atoms with Crippen molar-refractivity contribution >= 4 is 12.2 Å². The lowest BCUT2D eigenvalue weighted by Crippen LogP contribution is -2.43. The van der Waals surface area contributed by atoms with E-state index < -0.39 is 0 Å². The van der Waals surface area contributed by atoms with Gasteiger partial charge in [0, 0.05) is 5.92 Å². The maximum absolute atomic E-state index is 12.4. The van der Waals surface area contributed by atoms with Gasteiger partial charge in [0.2, 0.25) is 0 Å². The summed E-state index contributed by atoms with van der Waals surface area (Å²) in [5.74, 6) is 0.545. The quantitative estimate of drug-likeness (QED) is 0.487. The van der Waals surface area contributed by atoms with Crippen molar-refractivity contribution < 1.29 is 9.53 Å². The van der Waals surface area contributed by atoms with E-state index in [-0.39, 0.29) is 17.5 Å². The summed E-state index contributed by atoms with van der Waals surface area (Å²) < 4.78 is 5.93. The van der Waals surface area contributed by atoms with Gasteiger partial charge < -0.3 is 4.74 Å². The lowest BCUT2D eigenvalue weighted by Gasteiger charge is -2.43. The first-order chi connectivity index (χ1) is 13.5. The Hall–Kier alpha value is -2.42. The van der Waals surface area contributed by atoms with E-state index in [4.69, 9.17) is 4.74 Å². The first-order valence-corrected chi connectivity index (χ1v) is 10.3. The van der Waals surface area contributed by atoms with Gasteiger partial charge in [0.1, 0.15) is 12.3 Å². The van der Waals surface area contributed by atoms with Crippen molar-refractivity contribution in [2.75, 3.05) is 0 Å². The Kier molecular flexibility index (Phi) is 6.66. The van der Waals surface area contributed by atoms with Crippen LogP contribution >= 0.6 is 0 Å². The maximum atomic E-state index is 12.4. The minimum absolute atomic E-state index is 0.0481.